The first-order valence-electron chi connectivity index (χ1n) is 9.27. The number of anilines is 1. The number of carbonyl (C=O) groups excluding carboxylic acids is 1. The number of ether oxygens (including phenoxy) is 4. The quantitative estimate of drug-likeness (QED) is 0.442. The first-order chi connectivity index (χ1) is 14.5. The Labute approximate surface area is 183 Å². The Kier molecular flexibility index (Phi) is 7.19. The van der Waals surface area contributed by atoms with Gasteiger partial charge in [0, 0.05) is 11.3 Å². The smallest absolute Gasteiger partial charge is 0.255 e. The third kappa shape index (κ3) is 5.24. The van der Waals surface area contributed by atoms with Crippen molar-refractivity contribution < 1.29 is 23.7 Å². The summed E-state index contributed by atoms with van der Waals surface area (Å²) < 4.78 is 22.5. The van der Waals surface area contributed by atoms with E-state index in [4.69, 9.17) is 18.9 Å². The zero-order valence-corrected chi connectivity index (χ0v) is 18.5. The second-order valence-corrected chi connectivity index (χ2v) is 7.03. The zero-order valence-electron chi connectivity index (χ0n) is 16.9. The molecule has 3 aromatic carbocycles. The Hall–Kier alpha value is -3.19. The number of amides is 1. The minimum absolute atomic E-state index is 0.261. The number of hydrogen-bond acceptors (Lipinski definition) is 5. The molecular weight excluding hydrogens is 450 g/mol. The van der Waals surface area contributed by atoms with E-state index in [0.29, 0.717) is 45.3 Å². The lowest BCUT2D eigenvalue weighted by molar-refractivity contribution is 0.102. The van der Waals surface area contributed by atoms with E-state index < -0.39 is 0 Å². The summed E-state index contributed by atoms with van der Waals surface area (Å²) in [5.74, 6) is 2.90. The highest BCUT2D eigenvalue weighted by Gasteiger charge is 2.15. The molecular formula is C23H22BrNO5. The van der Waals surface area contributed by atoms with E-state index in [1.54, 1.807) is 50.6 Å². The number of rotatable bonds is 8. The van der Waals surface area contributed by atoms with E-state index in [1.807, 2.05) is 31.2 Å². The van der Waals surface area contributed by atoms with Crippen molar-refractivity contribution in [2.24, 2.45) is 0 Å². The molecule has 0 aromatic heterocycles. The summed E-state index contributed by atoms with van der Waals surface area (Å²) in [5.41, 5.74) is 1.09. The fourth-order valence-electron chi connectivity index (χ4n) is 2.75. The van der Waals surface area contributed by atoms with E-state index in [9.17, 15) is 4.79 Å². The lowest BCUT2D eigenvalue weighted by Gasteiger charge is -2.13. The fourth-order valence-corrected chi connectivity index (χ4v) is 3.35. The minimum atomic E-state index is -0.261. The second kappa shape index (κ2) is 10.0. The van der Waals surface area contributed by atoms with Gasteiger partial charge in [0.25, 0.3) is 5.91 Å². The van der Waals surface area contributed by atoms with Gasteiger partial charge < -0.3 is 24.3 Å². The molecule has 0 unspecified atom stereocenters. The second-order valence-electron chi connectivity index (χ2n) is 6.18. The molecule has 0 aliphatic carbocycles. The minimum Gasteiger partial charge on any atom is -0.497 e. The van der Waals surface area contributed by atoms with Crippen LogP contribution in [-0.4, -0.2) is 26.7 Å². The molecule has 0 fully saturated rings. The number of nitrogens with one attached hydrogen (secondary N) is 1. The molecule has 6 nitrogen and oxygen atoms in total. The number of carbonyl (C=O) groups is 1. The van der Waals surface area contributed by atoms with E-state index in [2.05, 4.69) is 21.2 Å². The average molecular weight is 472 g/mol. The molecule has 7 heteroatoms. The van der Waals surface area contributed by atoms with Gasteiger partial charge in [0.2, 0.25) is 0 Å². The predicted octanol–water partition coefficient (Wildman–Crippen LogP) is 5.91. The van der Waals surface area contributed by atoms with Gasteiger partial charge in [0.15, 0.2) is 11.5 Å². The summed E-state index contributed by atoms with van der Waals surface area (Å²) >= 11 is 3.42. The molecule has 3 aromatic rings. The fraction of sp³-hybridized carbons (Fsp3) is 0.174. The Morgan fingerprint density at radius 2 is 1.50 bits per heavy atom. The van der Waals surface area contributed by atoms with Crippen LogP contribution in [0.25, 0.3) is 0 Å². The molecule has 0 heterocycles. The van der Waals surface area contributed by atoms with Crippen molar-refractivity contribution in [3.8, 4) is 28.7 Å². The van der Waals surface area contributed by atoms with Gasteiger partial charge in [-0.15, -0.1) is 0 Å². The van der Waals surface area contributed by atoms with Crippen LogP contribution in [0.5, 0.6) is 28.7 Å². The highest BCUT2D eigenvalue weighted by Crippen LogP contribution is 2.36. The van der Waals surface area contributed by atoms with E-state index in [1.165, 1.54) is 0 Å². The number of hydrogen-bond donors (Lipinski definition) is 1. The molecule has 0 aliphatic rings. The van der Waals surface area contributed by atoms with Crippen LogP contribution < -0.4 is 24.3 Å². The van der Waals surface area contributed by atoms with Crippen LogP contribution >= 0.6 is 15.9 Å². The van der Waals surface area contributed by atoms with Crippen molar-refractivity contribution in [3.63, 3.8) is 0 Å². The Bertz CT molecular complexity index is 1000. The molecule has 0 atom stereocenters. The lowest BCUT2D eigenvalue weighted by Crippen LogP contribution is -2.12. The summed E-state index contributed by atoms with van der Waals surface area (Å²) in [4.78, 5) is 12.7. The van der Waals surface area contributed by atoms with E-state index >= 15 is 0 Å². The van der Waals surface area contributed by atoms with Gasteiger partial charge in [-0.1, -0.05) is 0 Å². The predicted molar refractivity (Wildman–Crippen MR) is 119 cm³/mol. The first kappa shape index (κ1) is 21.5. The van der Waals surface area contributed by atoms with Crippen molar-refractivity contribution in [1.29, 1.82) is 0 Å². The molecule has 0 radical (unpaired) electrons. The normalized spacial score (nSPS) is 10.3. The van der Waals surface area contributed by atoms with Crippen LogP contribution in [0.4, 0.5) is 5.69 Å². The van der Waals surface area contributed by atoms with E-state index in [0.717, 1.165) is 5.75 Å². The van der Waals surface area contributed by atoms with Crippen molar-refractivity contribution >= 4 is 27.5 Å². The summed E-state index contributed by atoms with van der Waals surface area (Å²) in [6.07, 6.45) is 0. The van der Waals surface area contributed by atoms with Crippen LogP contribution in [0.1, 0.15) is 17.3 Å². The van der Waals surface area contributed by atoms with Crippen LogP contribution in [0, 0.1) is 0 Å². The number of benzene rings is 3. The van der Waals surface area contributed by atoms with Crippen LogP contribution in [0.2, 0.25) is 0 Å². The molecule has 0 saturated carbocycles. The average Bonchev–Trinajstić information content (AvgIpc) is 2.75. The van der Waals surface area contributed by atoms with Crippen LogP contribution in [-0.2, 0) is 0 Å². The molecule has 0 aliphatic heterocycles. The monoisotopic (exact) mass is 471 g/mol. The maximum atomic E-state index is 12.7. The Balaban J connectivity index is 1.69. The first-order valence-corrected chi connectivity index (χ1v) is 10.1. The summed E-state index contributed by atoms with van der Waals surface area (Å²) in [5, 5.41) is 2.87. The highest BCUT2D eigenvalue weighted by atomic mass is 79.9. The maximum Gasteiger partial charge on any atom is 0.255 e. The molecule has 0 bridgehead atoms. The topological polar surface area (TPSA) is 66.0 Å². The van der Waals surface area contributed by atoms with Crippen molar-refractivity contribution in [1.82, 2.24) is 0 Å². The van der Waals surface area contributed by atoms with Gasteiger partial charge in [-0.25, -0.2) is 0 Å². The lowest BCUT2D eigenvalue weighted by atomic mass is 10.1. The highest BCUT2D eigenvalue weighted by molar-refractivity contribution is 9.10. The van der Waals surface area contributed by atoms with Gasteiger partial charge in [0.1, 0.15) is 17.2 Å². The van der Waals surface area contributed by atoms with Crippen molar-refractivity contribution in [2.45, 2.75) is 6.92 Å². The summed E-state index contributed by atoms with van der Waals surface area (Å²) in [7, 11) is 3.17. The van der Waals surface area contributed by atoms with Crippen molar-refractivity contribution in [3.05, 3.63) is 70.7 Å². The van der Waals surface area contributed by atoms with Gasteiger partial charge in [0.05, 0.1) is 25.3 Å². The largest absolute Gasteiger partial charge is 0.497 e. The van der Waals surface area contributed by atoms with Crippen LogP contribution in [0.3, 0.4) is 0 Å². The number of methoxy groups -OCH3 is 2. The van der Waals surface area contributed by atoms with Gasteiger partial charge in [-0.3, -0.25) is 4.79 Å². The summed E-state index contributed by atoms with van der Waals surface area (Å²) in [6, 6.07) is 17.8. The van der Waals surface area contributed by atoms with Crippen molar-refractivity contribution in [2.75, 3.05) is 26.1 Å². The molecule has 0 spiro atoms. The molecule has 3 rings (SSSR count). The third-order valence-electron chi connectivity index (χ3n) is 4.18. The molecule has 156 valence electrons. The van der Waals surface area contributed by atoms with Gasteiger partial charge >= 0.3 is 0 Å². The standard InChI is InChI=1S/C23H22BrNO5/c1-4-29-21-14-15(13-20(24)22(21)28-3)23(26)25-16-5-7-18(8-6-16)30-19-11-9-17(27-2)10-12-19/h5-14H,4H2,1-3H3,(H,25,26). The molecule has 30 heavy (non-hydrogen) atoms. The third-order valence-corrected chi connectivity index (χ3v) is 4.77. The Morgan fingerprint density at radius 3 is 2.07 bits per heavy atom. The molecule has 0 saturated heterocycles. The maximum absolute atomic E-state index is 12.7. The van der Waals surface area contributed by atoms with Gasteiger partial charge in [-0.2, -0.15) is 0 Å². The number of halogens is 1. The van der Waals surface area contributed by atoms with Gasteiger partial charge in [-0.05, 0) is 83.5 Å². The SMILES string of the molecule is CCOc1cc(C(=O)Nc2ccc(Oc3ccc(OC)cc3)cc2)cc(Br)c1OC. The molecule has 1 amide bonds. The Morgan fingerprint density at radius 1 is 0.900 bits per heavy atom. The van der Waals surface area contributed by atoms with E-state index in [-0.39, 0.29) is 5.91 Å². The zero-order chi connectivity index (χ0) is 21.5. The summed E-state index contributed by atoms with van der Waals surface area (Å²) in [6.45, 7) is 2.33. The van der Waals surface area contributed by atoms with Crippen LogP contribution in [0.15, 0.2) is 65.1 Å². The molecule has 1 N–H and O–H groups in total.